The molecule has 2 atom stereocenters. The van der Waals surface area contributed by atoms with E-state index in [1.165, 1.54) is 18.2 Å². The van der Waals surface area contributed by atoms with Crippen LogP contribution in [0.1, 0.15) is 41.8 Å². The van der Waals surface area contributed by atoms with Crippen molar-refractivity contribution in [1.29, 1.82) is 0 Å². The predicted molar refractivity (Wildman–Crippen MR) is 161 cm³/mol. The van der Waals surface area contributed by atoms with Crippen LogP contribution in [0.5, 0.6) is 17.2 Å². The molecule has 228 valence electrons. The van der Waals surface area contributed by atoms with Crippen LogP contribution in [0.25, 0.3) is 0 Å². The fraction of sp³-hybridized carbons (Fsp3) is 0.344. The lowest BCUT2D eigenvalue weighted by Gasteiger charge is -2.24. The number of phenols is 1. The monoisotopic (exact) mass is 590 g/mol. The summed E-state index contributed by atoms with van der Waals surface area (Å²) in [7, 11) is 2.01. The highest BCUT2D eigenvalue weighted by molar-refractivity contribution is 5.96. The predicted octanol–water partition coefficient (Wildman–Crippen LogP) is 4.06. The Morgan fingerprint density at radius 2 is 1.72 bits per heavy atom. The lowest BCUT2D eigenvalue weighted by Crippen LogP contribution is -2.51. The van der Waals surface area contributed by atoms with Gasteiger partial charge in [0.2, 0.25) is 12.7 Å². The number of nitrogens with zero attached hydrogens (tertiary/aromatic N) is 1. The number of carbonyl (C=O) groups is 3. The SMILES string of the molecule is CCOC(=O)c1cccc(NC(=O)N[C@@H](Cc2ccc(O)cc2)C(=O)NC(C)CCN(C)Cc2ccc3c(c2)OCO3)c1. The molecule has 0 saturated carbocycles. The number of hydrogen-bond donors (Lipinski definition) is 4. The topological polar surface area (TPSA) is 138 Å². The first-order valence-corrected chi connectivity index (χ1v) is 14.2. The molecule has 3 aromatic carbocycles. The van der Waals surface area contributed by atoms with Gasteiger partial charge in [0.1, 0.15) is 11.8 Å². The molecule has 0 fully saturated rings. The minimum Gasteiger partial charge on any atom is -0.508 e. The number of esters is 1. The summed E-state index contributed by atoms with van der Waals surface area (Å²) in [6.45, 7) is 5.54. The van der Waals surface area contributed by atoms with Crippen LogP contribution in [0.2, 0.25) is 0 Å². The summed E-state index contributed by atoms with van der Waals surface area (Å²) in [6, 6.07) is 17.1. The van der Waals surface area contributed by atoms with E-state index in [9.17, 15) is 19.5 Å². The zero-order valence-electron chi connectivity index (χ0n) is 24.6. The quantitative estimate of drug-likeness (QED) is 0.219. The van der Waals surface area contributed by atoms with Crippen molar-refractivity contribution in [3.8, 4) is 17.2 Å². The summed E-state index contributed by atoms with van der Waals surface area (Å²) < 4.78 is 15.9. The molecular weight excluding hydrogens is 552 g/mol. The molecule has 1 unspecified atom stereocenters. The van der Waals surface area contributed by atoms with E-state index in [1.807, 2.05) is 32.2 Å². The van der Waals surface area contributed by atoms with Gasteiger partial charge in [-0.05, 0) is 80.9 Å². The van der Waals surface area contributed by atoms with Gasteiger partial charge in [0.15, 0.2) is 11.5 Å². The maximum atomic E-state index is 13.4. The molecule has 11 heteroatoms. The minimum atomic E-state index is -0.897. The van der Waals surface area contributed by atoms with E-state index >= 15 is 0 Å². The van der Waals surface area contributed by atoms with Crippen molar-refractivity contribution < 1.29 is 33.7 Å². The fourth-order valence-corrected chi connectivity index (χ4v) is 4.60. The number of benzene rings is 3. The third-order valence-electron chi connectivity index (χ3n) is 6.85. The molecule has 1 aliphatic heterocycles. The van der Waals surface area contributed by atoms with Gasteiger partial charge in [-0.15, -0.1) is 0 Å². The van der Waals surface area contributed by atoms with Gasteiger partial charge in [0.05, 0.1) is 12.2 Å². The van der Waals surface area contributed by atoms with E-state index in [1.54, 1.807) is 37.3 Å². The molecule has 11 nitrogen and oxygen atoms in total. The molecule has 1 heterocycles. The lowest BCUT2D eigenvalue weighted by molar-refractivity contribution is -0.123. The Hall–Kier alpha value is -4.77. The van der Waals surface area contributed by atoms with Gasteiger partial charge in [-0.1, -0.05) is 24.3 Å². The molecule has 0 radical (unpaired) electrons. The van der Waals surface area contributed by atoms with Crippen LogP contribution in [-0.4, -0.2) is 67.0 Å². The molecular formula is C32H38N4O7. The largest absolute Gasteiger partial charge is 0.508 e. The highest BCUT2D eigenvalue weighted by atomic mass is 16.7. The van der Waals surface area contributed by atoms with Crippen LogP contribution in [0.4, 0.5) is 10.5 Å². The molecule has 43 heavy (non-hydrogen) atoms. The molecule has 4 rings (SSSR count). The van der Waals surface area contributed by atoms with Gasteiger partial charge >= 0.3 is 12.0 Å². The normalized spacial score (nSPS) is 13.2. The summed E-state index contributed by atoms with van der Waals surface area (Å²) in [5.41, 5.74) is 2.54. The third-order valence-corrected chi connectivity index (χ3v) is 6.85. The molecule has 0 spiro atoms. The molecule has 3 amide bonds. The highest BCUT2D eigenvalue weighted by Crippen LogP contribution is 2.32. The van der Waals surface area contributed by atoms with Crippen LogP contribution in [-0.2, 0) is 22.5 Å². The molecule has 0 aliphatic carbocycles. The number of phenolic OH excluding ortho intramolecular Hbond substituents is 1. The second-order valence-corrected chi connectivity index (χ2v) is 10.4. The number of amides is 3. The summed E-state index contributed by atoms with van der Waals surface area (Å²) >= 11 is 0. The Kier molecular flexibility index (Phi) is 10.8. The first-order chi connectivity index (χ1) is 20.7. The number of ether oxygens (including phenoxy) is 3. The van der Waals surface area contributed by atoms with E-state index in [0.717, 1.165) is 29.2 Å². The second-order valence-electron chi connectivity index (χ2n) is 10.4. The van der Waals surface area contributed by atoms with E-state index in [4.69, 9.17) is 14.2 Å². The van der Waals surface area contributed by atoms with Crippen molar-refractivity contribution in [3.05, 3.63) is 83.4 Å². The average molecular weight is 591 g/mol. The number of carbonyl (C=O) groups excluding carboxylic acids is 3. The van der Waals surface area contributed by atoms with Gasteiger partial charge in [0, 0.05) is 31.2 Å². The number of urea groups is 1. The van der Waals surface area contributed by atoms with Crippen molar-refractivity contribution in [2.45, 2.75) is 45.3 Å². The maximum absolute atomic E-state index is 13.4. The van der Waals surface area contributed by atoms with Gasteiger partial charge in [0.25, 0.3) is 0 Å². The maximum Gasteiger partial charge on any atom is 0.338 e. The summed E-state index contributed by atoms with van der Waals surface area (Å²) in [5, 5.41) is 18.1. The standard InChI is InChI=1S/C32H38N4O7/c1-4-41-31(39)24-6-5-7-25(18-24)34-32(40)35-27(16-22-8-11-26(37)12-9-22)30(38)33-21(2)14-15-36(3)19-23-10-13-28-29(17-23)43-20-42-28/h5-13,17-18,21,27,37H,4,14-16,19-20H2,1-3H3,(H,33,38)(H2,34,35,40)/t21?,27-/m0/s1. The van der Waals surface area contributed by atoms with Crippen LogP contribution in [0, 0.1) is 0 Å². The van der Waals surface area contributed by atoms with E-state index in [2.05, 4.69) is 20.9 Å². The van der Waals surface area contributed by atoms with Crippen LogP contribution in [0.3, 0.4) is 0 Å². The van der Waals surface area contributed by atoms with Gasteiger partial charge in [-0.3, -0.25) is 4.79 Å². The van der Waals surface area contributed by atoms with Crippen molar-refractivity contribution >= 4 is 23.6 Å². The first kappa shape index (κ1) is 31.2. The summed E-state index contributed by atoms with van der Waals surface area (Å²) in [6.07, 6.45) is 0.894. The van der Waals surface area contributed by atoms with Crippen LogP contribution >= 0.6 is 0 Å². The number of fused-ring (bicyclic) bond motifs is 1. The molecule has 3 aromatic rings. The first-order valence-electron chi connectivity index (χ1n) is 14.2. The van der Waals surface area contributed by atoms with Crippen molar-refractivity contribution in [2.75, 3.05) is 32.3 Å². The molecule has 4 N–H and O–H groups in total. The van der Waals surface area contributed by atoms with Crippen molar-refractivity contribution in [2.24, 2.45) is 0 Å². The van der Waals surface area contributed by atoms with Crippen molar-refractivity contribution in [1.82, 2.24) is 15.5 Å². The van der Waals surface area contributed by atoms with Crippen LogP contribution in [0.15, 0.2) is 66.7 Å². The Bertz CT molecular complexity index is 1410. The van der Waals surface area contributed by atoms with E-state index < -0.39 is 18.0 Å². The third kappa shape index (κ3) is 9.37. The molecule has 0 aromatic heterocycles. The average Bonchev–Trinajstić information content (AvgIpc) is 3.45. The number of anilines is 1. The van der Waals surface area contributed by atoms with E-state index in [0.29, 0.717) is 24.2 Å². The summed E-state index contributed by atoms with van der Waals surface area (Å²) in [5.74, 6) is 0.767. The minimum absolute atomic E-state index is 0.107. The zero-order valence-corrected chi connectivity index (χ0v) is 24.6. The fourth-order valence-electron chi connectivity index (χ4n) is 4.60. The Labute approximate surface area is 251 Å². The van der Waals surface area contributed by atoms with Crippen LogP contribution < -0.4 is 25.4 Å². The molecule has 0 saturated heterocycles. The van der Waals surface area contributed by atoms with Crippen molar-refractivity contribution in [3.63, 3.8) is 0 Å². The highest BCUT2D eigenvalue weighted by Gasteiger charge is 2.23. The van der Waals surface area contributed by atoms with E-state index in [-0.39, 0.29) is 37.5 Å². The van der Waals surface area contributed by atoms with Gasteiger partial charge in [-0.2, -0.15) is 0 Å². The second kappa shape index (κ2) is 14.9. The lowest BCUT2D eigenvalue weighted by atomic mass is 10.0. The Balaban J connectivity index is 1.34. The Morgan fingerprint density at radius 3 is 2.49 bits per heavy atom. The number of nitrogens with one attached hydrogen (secondary N) is 3. The summed E-state index contributed by atoms with van der Waals surface area (Å²) in [4.78, 5) is 40.5. The zero-order chi connectivity index (χ0) is 30.8. The van der Waals surface area contributed by atoms with Gasteiger partial charge < -0.3 is 40.2 Å². The number of rotatable bonds is 13. The number of aromatic hydroxyl groups is 1. The number of hydrogen-bond acceptors (Lipinski definition) is 8. The molecule has 1 aliphatic rings. The smallest absolute Gasteiger partial charge is 0.338 e. The van der Waals surface area contributed by atoms with Gasteiger partial charge in [-0.25, -0.2) is 9.59 Å². The molecule has 0 bridgehead atoms. The Morgan fingerprint density at radius 1 is 0.977 bits per heavy atom.